The fourth-order valence-electron chi connectivity index (χ4n) is 1.54. The Balaban J connectivity index is 2.61. The number of carboxylic acid groups (broad SMARTS) is 1. The Bertz CT molecular complexity index is 592. The van der Waals surface area contributed by atoms with Crippen molar-refractivity contribution in [1.29, 1.82) is 0 Å². The Morgan fingerprint density at radius 1 is 1.41 bits per heavy atom. The molecule has 1 N–H and O–H groups in total. The van der Waals surface area contributed by atoms with E-state index >= 15 is 0 Å². The van der Waals surface area contributed by atoms with Gasteiger partial charge in [0, 0.05) is 0 Å². The molecule has 0 bridgehead atoms. The number of carboxylic acids is 1. The number of carbonyl (C=O) groups is 1. The third-order valence-corrected chi connectivity index (χ3v) is 2.75. The average molecular weight is 252 g/mol. The third-order valence-electron chi connectivity index (χ3n) is 2.43. The van der Waals surface area contributed by atoms with E-state index < -0.39 is 5.97 Å². The van der Waals surface area contributed by atoms with Crippen molar-refractivity contribution < 1.29 is 9.90 Å². The van der Waals surface area contributed by atoms with Gasteiger partial charge in [0.1, 0.15) is 0 Å². The molecular weight excluding hydrogens is 242 g/mol. The number of aryl methyl sites for hydroxylation is 1. The van der Waals surface area contributed by atoms with E-state index in [0.29, 0.717) is 16.4 Å². The van der Waals surface area contributed by atoms with Crippen LogP contribution in [0.2, 0.25) is 5.02 Å². The van der Waals surface area contributed by atoms with Gasteiger partial charge in [0.25, 0.3) is 0 Å². The molecule has 2 rings (SSSR count). The van der Waals surface area contributed by atoms with Crippen molar-refractivity contribution in [2.75, 3.05) is 0 Å². The zero-order valence-corrected chi connectivity index (χ0v) is 10.1. The van der Waals surface area contributed by atoms with Gasteiger partial charge in [0.05, 0.1) is 16.4 Å². The highest BCUT2D eigenvalue weighted by Crippen LogP contribution is 2.22. The zero-order valence-electron chi connectivity index (χ0n) is 9.31. The lowest BCUT2D eigenvalue weighted by molar-refractivity contribution is 0.0689. The van der Waals surface area contributed by atoms with Crippen LogP contribution in [0.25, 0.3) is 5.69 Å². The number of aromatic nitrogens is 3. The van der Waals surface area contributed by atoms with E-state index in [9.17, 15) is 4.79 Å². The predicted molar refractivity (Wildman–Crippen MR) is 62.8 cm³/mol. The monoisotopic (exact) mass is 251 g/mol. The van der Waals surface area contributed by atoms with E-state index in [1.807, 2.05) is 19.1 Å². The van der Waals surface area contributed by atoms with Crippen molar-refractivity contribution in [2.45, 2.75) is 13.8 Å². The van der Waals surface area contributed by atoms with Gasteiger partial charge >= 0.3 is 5.97 Å². The van der Waals surface area contributed by atoms with Crippen molar-refractivity contribution in [1.82, 2.24) is 15.0 Å². The summed E-state index contributed by atoms with van der Waals surface area (Å²) < 4.78 is 1.43. The molecule has 0 saturated carbocycles. The number of nitrogens with zero attached hydrogens (tertiary/aromatic N) is 3. The van der Waals surface area contributed by atoms with Crippen molar-refractivity contribution in [3.63, 3.8) is 0 Å². The molecule has 0 aliphatic rings. The van der Waals surface area contributed by atoms with Crippen LogP contribution in [-0.2, 0) is 0 Å². The maximum atomic E-state index is 10.9. The number of benzene rings is 1. The predicted octanol–water partition coefficient (Wildman–Crippen LogP) is 2.24. The van der Waals surface area contributed by atoms with E-state index in [0.717, 1.165) is 5.56 Å². The van der Waals surface area contributed by atoms with E-state index in [-0.39, 0.29) is 5.69 Å². The summed E-state index contributed by atoms with van der Waals surface area (Å²) in [6.07, 6.45) is 0. The first kappa shape index (κ1) is 11.6. The molecule has 0 saturated heterocycles. The molecule has 5 nitrogen and oxygen atoms in total. The van der Waals surface area contributed by atoms with Gasteiger partial charge in [-0.05, 0) is 31.5 Å². The Labute approximate surface area is 103 Å². The summed E-state index contributed by atoms with van der Waals surface area (Å²) in [6.45, 7) is 3.56. The quantitative estimate of drug-likeness (QED) is 0.889. The Kier molecular flexibility index (Phi) is 2.85. The molecule has 88 valence electrons. The lowest BCUT2D eigenvalue weighted by Gasteiger charge is -2.06. The standard InChI is InChI=1S/C11H10ClN3O2/c1-6-3-4-8(12)9(5-6)15-7(2)10(11(16)17)13-14-15/h3-5H,1-2H3,(H,16,17). The van der Waals surface area contributed by atoms with Crippen LogP contribution in [0, 0.1) is 13.8 Å². The molecule has 0 radical (unpaired) electrons. The van der Waals surface area contributed by atoms with Crippen LogP contribution in [-0.4, -0.2) is 26.1 Å². The fourth-order valence-corrected chi connectivity index (χ4v) is 1.74. The van der Waals surface area contributed by atoms with E-state index in [1.165, 1.54) is 4.68 Å². The summed E-state index contributed by atoms with van der Waals surface area (Å²) >= 11 is 6.06. The Hall–Kier alpha value is -1.88. The lowest BCUT2D eigenvalue weighted by Crippen LogP contribution is -2.03. The molecular formula is C11H10ClN3O2. The van der Waals surface area contributed by atoms with Gasteiger partial charge < -0.3 is 5.11 Å². The lowest BCUT2D eigenvalue weighted by atomic mass is 10.2. The summed E-state index contributed by atoms with van der Waals surface area (Å²) in [4.78, 5) is 10.9. The highest BCUT2D eigenvalue weighted by atomic mass is 35.5. The maximum absolute atomic E-state index is 10.9. The van der Waals surface area contributed by atoms with Crippen LogP contribution in [0.5, 0.6) is 0 Å². The molecule has 0 amide bonds. The first-order valence-corrected chi connectivity index (χ1v) is 5.30. The highest BCUT2D eigenvalue weighted by molar-refractivity contribution is 6.32. The minimum absolute atomic E-state index is 0.0671. The molecule has 6 heteroatoms. The van der Waals surface area contributed by atoms with Crippen LogP contribution < -0.4 is 0 Å². The molecule has 1 aromatic carbocycles. The van der Waals surface area contributed by atoms with Crippen molar-refractivity contribution >= 4 is 17.6 Å². The smallest absolute Gasteiger partial charge is 0.358 e. The van der Waals surface area contributed by atoms with Crippen LogP contribution in [0.15, 0.2) is 18.2 Å². The Morgan fingerprint density at radius 3 is 2.71 bits per heavy atom. The molecule has 0 unspecified atom stereocenters. The average Bonchev–Trinajstić information content (AvgIpc) is 2.64. The van der Waals surface area contributed by atoms with Gasteiger partial charge in [0.2, 0.25) is 0 Å². The van der Waals surface area contributed by atoms with E-state index in [4.69, 9.17) is 16.7 Å². The number of aromatic carboxylic acids is 1. The zero-order chi connectivity index (χ0) is 12.6. The second-order valence-corrected chi connectivity index (χ2v) is 4.10. The Morgan fingerprint density at radius 2 is 2.12 bits per heavy atom. The van der Waals surface area contributed by atoms with Gasteiger partial charge in [-0.3, -0.25) is 0 Å². The summed E-state index contributed by atoms with van der Waals surface area (Å²) in [5.74, 6) is -1.10. The van der Waals surface area contributed by atoms with E-state index in [2.05, 4.69) is 10.3 Å². The van der Waals surface area contributed by atoms with Crippen LogP contribution in [0.1, 0.15) is 21.7 Å². The third kappa shape index (κ3) is 2.01. The van der Waals surface area contributed by atoms with Crippen molar-refractivity contribution in [3.05, 3.63) is 40.2 Å². The van der Waals surface area contributed by atoms with Crippen LogP contribution in [0.3, 0.4) is 0 Å². The van der Waals surface area contributed by atoms with Crippen molar-refractivity contribution in [3.8, 4) is 5.69 Å². The molecule has 0 aliphatic carbocycles. The minimum atomic E-state index is -1.10. The molecule has 2 aromatic rings. The summed E-state index contributed by atoms with van der Waals surface area (Å²) in [5.41, 5.74) is 2.02. The number of rotatable bonds is 2. The maximum Gasteiger partial charge on any atom is 0.358 e. The topological polar surface area (TPSA) is 68.0 Å². The van der Waals surface area contributed by atoms with E-state index in [1.54, 1.807) is 13.0 Å². The second-order valence-electron chi connectivity index (χ2n) is 3.70. The SMILES string of the molecule is Cc1ccc(Cl)c(-n2nnc(C(=O)O)c2C)c1. The first-order chi connectivity index (χ1) is 8.00. The van der Waals surface area contributed by atoms with Gasteiger partial charge in [-0.15, -0.1) is 5.10 Å². The molecule has 17 heavy (non-hydrogen) atoms. The number of hydrogen-bond acceptors (Lipinski definition) is 3. The molecule has 1 heterocycles. The summed E-state index contributed by atoms with van der Waals surface area (Å²) in [5, 5.41) is 16.8. The minimum Gasteiger partial charge on any atom is -0.476 e. The summed E-state index contributed by atoms with van der Waals surface area (Å²) in [6, 6.07) is 5.44. The largest absolute Gasteiger partial charge is 0.476 e. The molecule has 0 aliphatic heterocycles. The number of hydrogen-bond donors (Lipinski definition) is 1. The highest BCUT2D eigenvalue weighted by Gasteiger charge is 2.17. The normalized spacial score (nSPS) is 10.5. The molecule has 1 aromatic heterocycles. The van der Waals surface area contributed by atoms with Gasteiger partial charge in [0.15, 0.2) is 5.69 Å². The van der Waals surface area contributed by atoms with Gasteiger partial charge in [-0.2, -0.15) is 0 Å². The fraction of sp³-hybridized carbons (Fsp3) is 0.182. The van der Waals surface area contributed by atoms with Gasteiger partial charge in [-0.25, -0.2) is 9.48 Å². The molecule has 0 fully saturated rings. The van der Waals surface area contributed by atoms with Gasteiger partial charge in [-0.1, -0.05) is 22.9 Å². The molecule has 0 spiro atoms. The first-order valence-electron chi connectivity index (χ1n) is 4.93. The van der Waals surface area contributed by atoms with Crippen LogP contribution in [0.4, 0.5) is 0 Å². The molecule has 0 atom stereocenters. The number of halogens is 1. The van der Waals surface area contributed by atoms with Crippen molar-refractivity contribution in [2.24, 2.45) is 0 Å². The summed E-state index contributed by atoms with van der Waals surface area (Å²) in [7, 11) is 0. The van der Waals surface area contributed by atoms with Crippen LogP contribution >= 0.6 is 11.6 Å². The second kappa shape index (κ2) is 4.18.